The molecule has 0 radical (unpaired) electrons. The molecule has 0 spiro atoms. The van der Waals surface area contributed by atoms with Gasteiger partial charge in [0, 0.05) is 18.2 Å². The number of fused-ring (bicyclic) bond motifs is 1. The molecular formula is C17H23NO. The highest BCUT2D eigenvalue weighted by Gasteiger charge is 2.36. The van der Waals surface area contributed by atoms with Crippen LogP contribution in [0, 0.1) is 17.8 Å². The SMILES string of the molecule is CC1CCC(C(=O)C2CNc3ccccc32)CC1C. The number of carbonyl (C=O) groups is 1. The lowest BCUT2D eigenvalue weighted by molar-refractivity contribution is -0.125. The highest BCUT2D eigenvalue weighted by molar-refractivity contribution is 5.91. The molecule has 0 aromatic heterocycles. The molecule has 0 saturated heterocycles. The third kappa shape index (κ3) is 2.29. The van der Waals surface area contributed by atoms with Crippen LogP contribution in [0.1, 0.15) is 44.6 Å². The Labute approximate surface area is 115 Å². The van der Waals surface area contributed by atoms with Gasteiger partial charge in [-0.3, -0.25) is 4.79 Å². The van der Waals surface area contributed by atoms with Crippen molar-refractivity contribution in [1.29, 1.82) is 0 Å². The first-order chi connectivity index (χ1) is 9.16. The van der Waals surface area contributed by atoms with E-state index in [2.05, 4.69) is 31.3 Å². The fourth-order valence-electron chi connectivity index (χ4n) is 3.63. The zero-order chi connectivity index (χ0) is 13.4. The minimum Gasteiger partial charge on any atom is -0.384 e. The second-order valence-electron chi connectivity index (χ2n) is 6.39. The number of benzene rings is 1. The van der Waals surface area contributed by atoms with Gasteiger partial charge in [-0.2, -0.15) is 0 Å². The van der Waals surface area contributed by atoms with Crippen molar-refractivity contribution in [3.8, 4) is 0 Å². The molecule has 1 fully saturated rings. The lowest BCUT2D eigenvalue weighted by atomic mass is 9.72. The maximum absolute atomic E-state index is 12.8. The second kappa shape index (κ2) is 4.99. The molecule has 1 heterocycles. The summed E-state index contributed by atoms with van der Waals surface area (Å²) in [6.07, 6.45) is 3.38. The normalized spacial score (nSPS) is 33.6. The maximum Gasteiger partial charge on any atom is 0.145 e. The number of hydrogen-bond acceptors (Lipinski definition) is 2. The summed E-state index contributed by atoms with van der Waals surface area (Å²) in [6.45, 7) is 5.40. The van der Waals surface area contributed by atoms with E-state index in [9.17, 15) is 4.79 Å². The van der Waals surface area contributed by atoms with Gasteiger partial charge in [0.15, 0.2) is 0 Å². The van der Waals surface area contributed by atoms with Crippen LogP contribution in [0.3, 0.4) is 0 Å². The Balaban J connectivity index is 1.75. The zero-order valence-corrected chi connectivity index (χ0v) is 11.9. The minimum absolute atomic E-state index is 0.0850. The monoisotopic (exact) mass is 257 g/mol. The molecule has 2 nitrogen and oxygen atoms in total. The summed E-state index contributed by atoms with van der Waals surface area (Å²) in [5, 5.41) is 3.37. The third-order valence-corrected chi connectivity index (χ3v) is 5.18. The largest absolute Gasteiger partial charge is 0.384 e. The van der Waals surface area contributed by atoms with Gasteiger partial charge >= 0.3 is 0 Å². The number of Topliss-reactive ketones (excluding diaryl/α,β-unsaturated/α-hetero) is 1. The molecule has 1 aliphatic carbocycles. The molecule has 0 bridgehead atoms. The van der Waals surface area contributed by atoms with Crippen LogP contribution in [0.25, 0.3) is 0 Å². The standard InChI is InChI=1S/C17H23NO/c1-11-7-8-13(9-12(11)2)17(19)15-10-18-16-6-4-3-5-14(15)16/h3-6,11-13,15,18H,7-10H2,1-2H3. The highest BCUT2D eigenvalue weighted by Crippen LogP contribution is 2.39. The summed E-state index contributed by atoms with van der Waals surface area (Å²) < 4.78 is 0. The van der Waals surface area contributed by atoms with Crippen molar-refractivity contribution in [1.82, 2.24) is 0 Å². The number of carbonyl (C=O) groups excluding carboxylic acids is 1. The Morgan fingerprint density at radius 3 is 2.74 bits per heavy atom. The van der Waals surface area contributed by atoms with Crippen molar-refractivity contribution in [2.45, 2.75) is 39.0 Å². The molecule has 3 rings (SSSR count). The van der Waals surface area contributed by atoms with Crippen LogP contribution in [0.4, 0.5) is 5.69 Å². The Morgan fingerprint density at radius 2 is 1.95 bits per heavy atom. The summed E-state index contributed by atoms with van der Waals surface area (Å²) >= 11 is 0. The summed E-state index contributed by atoms with van der Waals surface area (Å²) in [7, 11) is 0. The molecule has 1 saturated carbocycles. The van der Waals surface area contributed by atoms with Crippen LogP contribution >= 0.6 is 0 Å². The number of para-hydroxylation sites is 1. The van der Waals surface area contributed by atoms with E-state index in [1.807, 2.05) is 12.1 Å². The average Bonchev–Trinajstić information content (AvgIpc) is 2.85. The molecule has 0 amide bonds. The Hall–Kier alpha value is -1.31. The second-order valence-corrected chi connectivity index (χ2v) is 6.39. The van der Waals surface area contributed by atoms with Gasteiger partial charge in [0.05, 0.1) is 5.92 Å². The first-order valence-corrected chi connectivity index (χ1v) is 7.53. The molecule has 1 N–H and O–H groups in total. The molecule has 1 aliphatic heterocycles. The van der Waals surface area contributed by atoms with E-state index in [1.165, 1.54) is 12.0 Å². The van der Waals surface area contributed by atoms with E-state index in [4.69, 9.17) is 0 Å². The molecule has 102 valence electrons. The fraction of sp³-hybridized carbons (Fsp3) is 0.588. The summed E-state index contributed by atoms with van der Waals surface area (Å²) in [6, 6.07) is 8.25. The maximum atomic E-state index is 12.8. The fourth-order valence-corrected chi connectivity index (χ4v) is 3.63. The predicted octanol–water partition coefficient (Wildman–Crippen LogP) is 3.84. The van der Waals surface area contributed by atoms with E-state index >= 15 is 0 Å². The van der Waals surface area contributed by atoms with Crippen molar-refractivity contribution in [3.63, 3.8) is 0 Å². The van der Waals surface area contributed by atoms with E-state index in [-0.39, 0.29) is 11.8 Å². The van der Waals surface area contributed by atoms with E-state index < -0.39 is 0 Å². The molecule has 1 aromatic carbocycles. The minimum atomic E-state index is 0.0850. The van der Waals surface area contributed by atoms with Gasteiger partial charge in [-0.05, 0) is 42.7 Å². The number of rotatable bonds is 2. The van der Waals surface area contributed by atoms with Crippen LogP contribution in [0.15, 0.2) is 24.3 Å². The Morgan fingerprint density at radius 1 is 1.16 bits per heavy atom. The molecule has 4 unspecified atom stereocenters. The van der Waals surface area contributed by atoms with Gasteiger partial charge < -0.3 is 5.32 Å². The van der Waals surface area contributed by atoms with Crippen LogP contribution < -0.4 is 5.32 Å². The molecule has 2 aliphatic rings. The third-order valence-electron chi connectivity index (χ3n) is 5.18. The van der Waals surface area contributed by atoms with E-state index in [0.29, 0.717) is 11.7 Å². The van der Waals surface area contributed by atoms with Crippen molar-refractivity contribution in [3.05, 3.63) is 29.8 Å². The quantitative estimate of drug-likeness (QED) is 0.872. The predicted molar refractivity (Wildman–Crippen MR) is 78.3 cm³/mol. The number of ketones is 1. The Bertz CT molecular complexity index is 482. The van der Waals surface area contributed by atoms with Gasteiger partial charge in [0.1, 0.15) is 5.78 Å². The van der Waals surface area contributed by atoms with Crippen LogP contribution in [-0.4, -0.2) is 12.3 Å². The summed E-state index contributed by atoms with van der Waals surface area (Å²) in [4.78, 5) is 12.8. The van der Waals surface area contributed by atoms with Gasteiger partial charge in [-0.1, -0.05) is 32.0 Å². The molecular weight excluding hydrogens is 234 g/mol. The van der Waals surface area contributed by atoms with E-state index in [0.717, 1.165) is 31.0 Å². The molecule has 4 atom stereocenters. The van der Waals surface area contributed by atoms with Gasteiger partial charge in [0.2, 0.25) is 0 Å². The van der Waals surface area contributed by atoms with Gasteiger partial charge in [0.25, 0.3) is 0 Å². The first kappa shape index (κ1) is 12.7. The summed E-state index contributed by atoms with van der Waals surface area (Å²) in [5.41, 5.74) is 2.36. The smallest absolute Gasteiger partial charge is 0.145 e. The highest BCUT2D eigenvalue weighted by atomic mass is 16.1. The van der Waals surface area contributed by atoms with Gasteiger partial charge in [-0.25, -0.2) is 0 Å². The number of nitrogens with one attached hydrogen (secondary N) is 1. The van der Waals surface area contributed by atoms with Crippen molar-refractivity contribution >= 4 is 11.5 Å². The van der Waals surface area contributed by atoms with Crippen molar-refractivity contribution in [2.24, 2.45) is 17.8 Å². The Kier molecular flexibility index (Phi) is 3.34. The zero-order valence-electron chi connectivity index (χ0n) is 11.9. The van der Waals surface area contributed by atoms with Crippen LogP contribution in [-0.2, 0) is 4.79 Å². The molecule has 19 heavy (non-hydrogen) atoms. The number of anilines is 1. The lowest BCUT2D eigenvalue weighted by Crippen LogP contribution is -2.30. The molecule has 1 aromatic rings. The molecule has 2 heteroatoms. The lowest BCUT2D eigenvalue weighted by Gasteiger charge is -2.32. The first-order valence-electron chi connectivity index (χ1n) is 7.53. The average molecular weight is 257 g/mol. The van der Waals surface area contributed by atoms with Crippen LogP contribution in [0.2, 0.25) is 0 Å². The van der Waals surface area contributed by atoms with Crippen molar-refractivity contribution in [2.75, 3.05) is 11.9 Å². The number of hydrogen-bond donors (Lipinski definition) is 1. The topological polar surface area (TPSA) is 29.1 Å². The van der Waals surface area contributed by atoms with Gasteiger partial charge in [-0.15, -0.1) is 0 Å². The van der Waals surface area contributed by atoms with E-state index in [1.54, 1.807) is 0 Å². The van der Waals surface area contributed by atoms with Crippen molar-refractivity contribution < 1.29 is 4.79 Å². The van der Waals surface area contributed by atoms with Crippen LogP contribution in [0.5, 0.6) is 0 Å². The summed E-state index contributed by atoms with van der Waals surface area (Å²) in [5.74, 6) is 2.30.